The van der Waals surface area contributed by atoms with Gasteiger partial charge in [0.2, 0.25) is 0 Å². The number of benzene rings is 1. The van der Waals surface area contributed by atoms with Gasteiger partial charge in [-0.1, -0.05) is 6.42 Å². The Hall–Kier alpha value is -1.81. The number of rotatable bonds is 5. The number of aromatic nitrogens is 1. The van der Waals surface area contributed by atoms with Gasteiger partial charge in [0, 0.05) is 24.7 Å². The summed E-state index contributed by atoms with van der Waals surface area (Å²) in [7, 11) is 1.69. The number of likely N-dealkylation sites (tertiary alicyclic amines) is 1. The molecule has 2 heterocycles. The van der Waals surface area contributed by atoms with Crippen molar-refractivity contribution in [2.24, 2.45) is 0 Å². The van der Waals surface area contributed by atoms with Gasteiger partial charge in [0.15, 0.2) is 0 Å². The molecule has 1 aromatic carbocycles. The van der Waals surface area contributed by atoms with Crippen molar-refractivity contribution in [3.8, 4) is 5.75 Å². The van der Waals surface area contributed by atoms with E-state index >= 15 is 0 Å². The Bertz CT molecular complexity index is 594. The molecule has 1 fully saturated rings. The Morgan fingerprint density at radius 2 is 2.05 bits per heavy atom. The average molecular weight is 285 g/mol. The van der Waals surface area contributed by atoms with Crippen LogP contribution in [0.5, 0.6) is 5.75 Å². The second-order valence-corrected chi connectivity index (χ2v) is 5.58. The van der Waals surface area contributed by atoms with Crippen molar-refractivity contribution in [2.45, 2.75) is 19.3 Å². The molecule has 1 N–H and O–H groups in total. The first-order chi connectivity index (χ1) is 10.4. The van der Waals surface area contributed by atoms with Crippen LogP contribution in [0.2, 0.25) is 0 Å². The van der Waals surface area contributed by atoms with Crippen molar-refractivity contribution in [3.05, 3.63) is 30.5 Å². The molecule has 0 spiro atoms. The van der Waals surface area contributed by atoms with Crippen molar-refractivity contribution in [1.29, 1.82) is 0 Å². The van der Waals surface area contributed by atoms with Gasteiger partial charge < -0.3 is 15.0 Å². The minimum atomic E-state index is 0.882. The van der Waals surface area contributed by atoms with Gasteiger partial charge >= 0.3 is 0 Å². The molecule has 0 aliphatic carbocycles. The van der Waals surface area contributed by atoms with Gasteiger partial charge in [-0.25, -0.2) is 4.98 Å². The number of ether oxygens (including phenoxy) is 1. The molecule has 0 saturated carbocycles. The Labute approximate surface area is 126 Å². The predicted octanol–water partition coefficient (Wildman–Crippen LogP) is 3.14. The molecule has 1 aromatic heterocycles. The van der Waals surface area contributed by atoms with E-state index in [4.69, 9.17) is 4.74 Å². The van der Waals surface area contributed by atoms with Crippen molar-refractivity contribution >= 4 is 16.6 Å². The number of piperidine rings is 1. The number of fused-ring (bicyclic) bond motifs is 1. The number of methoxy groups -OCH3 is 1. The highest BCUT2D eigenvalue weighted by Gasteiger charge is 2.09. The first-order valence-corrected chi connectivity index (χ1v) is 7.76. The highest BCUT2D eigenvalue weighted by molar-refractivity contribution is 5.92. The topological polar surface area (TPSA) is 37.4 Å². The molecule has 1 saturated heterocycles. The van der Waals surface area contributed by atoms with Crippen LogP contribution in [-0.4, -0.2) is 43.2 Å². The largest absolute Gasteiger partial charge is 0.497 e. The van der Waals surface area contributed by atoms with Gasteiger partial charge in [0.1, 0.15) is 11.6 Å². The van der Waals surface area contributed by atoms with Crippen LogP contribution in [0.4, 0.5) is 5.82 Å². The number of anilines is 1. The molecule has 1 aliphatic rings. The quantitative estimate of drug-likeness (QED) is 0.916. The standard InChI is InChI=1S/C17H23N3O/c1-21-15-5-6-16-14(13-15)7-8-18-17(16)19-9-12-20-10-3-2-4-11-20/h5-8,13H,2-4,9-12H2,1H3,(H,18,19). The lowest BCUT2D eigenvalue weighted by Crippen LogP contribution is -2.33. The third kappa shape index (κ3) is 3.45. The first-order valence-electron chi connectivity index (χ1n) is 7.76. The highest BCUT2D eigenvalue weighted by Crippen LogP contribution is 2.25. The van der Waals surface area contributed by atoms with Crippen LogP contribution < -0.4 is 10.1 Å². The summed E-state index contributed by atoms with van der Waals surface area (Å²) in [6.07, 6.45) is 5.92. The molecular formula is C17H23N3O. The number of hydrogen-bond donors (Lipinski definition) is 1. The van der Waals surface area contributed by atoms with Crippen LogP contribution in [-0.2, 0) is 0 Å². The fourth-order valence-electron chi connectivity index (χ4n) is 2.94. The van der Waals surface area contributed by atoms with Crippen LogP contribution >= 0.6 is 0 Å². The van der Waals surface area contributed by atoms with Gasteiger partial charge in [-0.15, -0.1) is 0 Å². The Balaban J connectivity index is 1.66. The van der Waals surface area contributed by atoms with Crippen molar-refractivity contribution in [1.82, 2.24) is 9.88 Å². The summed E-state index contributed by atoms with van der Waals surface area (Å²) in [5, 5.41) is 5.79. The lowest BCUT2D eigenvalue weighted by atomic mass is 10.1. The maximum Gasteiger partial charge on any atom is 0.133 e. The van der Waals surface area contributed by atoms with E-state index in [2.05, 4.69) is 21.3 Å². The zero-order valence-corrected chi connectivity index (χ0v) is 12.6. The minimum Gasteiger partial charge on any atom is -0.497 e. The summed E-state index contributed by atoms with van der Waals surface area (Å²) in [5.41, 5.74) is 0. The van der Waals surface area contributed by atoms with Crippen LogP contribution in [0.15, 0.2) is 30.5 Å². The summed E-state index contributed by atoms with van der Waals surface area (Å²) < 4.78 is 5.28. The molecule has 0 radical (unpaired) electrons. The summed E-state index contributed by atoms with van der Waals surface area (Å²) in [6.45, 7) is 4.51. The maximum atomic E-state index is 5.28. The van der Waals surface area contributed by atoms with Gasteiger partial charge in [-0.3, -0.25) is 0 Å². The third-order valence-corrected chi connectivity index (χ3v) is 4.14. The number of pyridine rings is 1. The Morgan fingerprint density at radius 3 is 2.86 bits per heavy atom. The molecule has 0 amide bonds. The summed E-state index contributed by atoms with van der Waals surface area (Å²) in [6, 6.07) is 8.13. The zero-order chi connectivity index (χ0) is 14.5. The van der Waals surface area contributed by atoms with Crippen molar-refractivity contribution < 1.29 is 4.74 Å². The van der Waals surface area contributed by atoms with Gasteiger partial charge in [0.25, 0.3) is 0 Å². The average Bonchev–Trinajstić information content (AvgIpc) is 2.55. The second-order valence-electron chi connectivity index (χ2n) is 5.58. The molecule has 1 aliphatic heterocycles. The number of nitrogens with zero attached hydrogens (tertiary/aromatic N) is 2. The van der Waals surface area contributed by atoms with E-state index < -0.39 is 0 Å². The molecule has 0 unspecified atom stereocenters. The molecule has 4 heteroatoms. The molecular weight excluding hydrogens is 262 g/mol. The van der Waals surface area contributed by atoms with E-state index in [1.807, 2.05) is 24.4 Å². The molecule has 112 valence electrons. The fourth-order valence-corrected chi connectivity index (χ4v) is 2.94. The zero-order valence-electron chi connectivity index (χ0n) is 12.6. The summed E-state index contributed by atoms with van der Waals surface area (Å²) >= 11 is 0. The monoisotopic (exact) mass is 285 g/mol. The van der Waals surface area contributed by atoms with Gasteiger partial charge in [-0.05, 0) is 55.6 Å². The lowest BCUT2D eigenvalue weighted by molar-refractivity contribution is 0.237. The summed E-state index contributed by atoms with van der Waals surface area (Å²) in [4.78, 5) is 7.01. The summed E-state index contributed by atoms with van der Waals surface area (Å²) in [5.74, 6) is 1.85. The Morgan fingerprint density at radius 1 is 1.19 bits per heavy atom. The molecule has 3 rings (SSSR count). The van der Waals surface area contributed by atoms with Crippen LogP contribution in [0, 0.1) is 0 Å². The number of nitrogens with one attached hydrogen (secondary N) is 1. The normalized spacial score (nSPS) is 16.0. The van der Waals surface area contributed by atoms with E-state index in [9.17, 15) is 0 Å². The Kier molecular flexibility index (Phi) is 4.55. The predicted molar refractivity (Wildman–Crippen MR) is 87.1 cm³/mol. The molecule has 4 nitrogen and oxygen atoms in total. The molecule has 21 heavy (non-hydrogen) atoms. The highest BCUT2D eigenvalue weighted by atomic mass is 16.5. The van der Waals surface area contributed by atoms with Crippen LogP contribution in [0.3, 0.4) is 0 Å². The molecule has 2 aromatic rings. The van der Waals surface area contributed by atoms with Crippen molar-refractivity contribution in [2.75, 3.05) is 38.6 Å². The molecule has 0 bridgehead atoms. The molecule has 0 atom stereocenters. The first kappa shape index (κ1) is 14.1. The van der Waals surface area contributed by atoms with E-state index in [-0.39, 0.29) is 0 Å². The fraction of sp³-hybridized carbons (Fsp3) is 0.471. The SMILES string of the molecule is COc1ccc2c(NCCN3CCCCC3)nccc2c1. The minimum absolute atomic E-state index is 0.882. The maximum absolute atomic E-state index is 5.28. The third-order valence-electron chi connectivity index (χ3n) is 4.14. The van der Waals surface area contributed by atoms with Crippen LogP contribution in [0.25, 0.3) is 10.8 Å². The second kappa shape index (κ2) is 6.76. The van der Waals surface area contributed by atoms with E-state index in [0.717, 1.165) is 35.4 Å². The van der Waals surface area contributed by atoms with E-state index in [0.29, 0.717) is 0 Å². The van der Waals surface area contributed by atoms with Gasteiger partial charge in [-0.2, -0.15) is 0 Å². The lowest BCUT2D eigenvalue weighted by Gasteiger charge is -2.26. The van der Waals surface area contributed by atoms with E-state index in [1.54, 1.807) is 7.11 Å². The van der Waals surface area contributed by atoms with Gasteiger partial charge in [0.05, 0.1) is 7.11 Å². The van der Waals surface area contributed by atoms with Crippen LogP contribution in [0.1, 0.15) is 19.3 Å². The van der Waals surface area contributed by atoms with E-state index in [1.165, 1.54) is 32.4 Å². The van der Waals surface area contributed by atoms with Crippen molar-refractivity contribution in [3.63, 3.8) is 0 Å². The number of hydrogen-bond acceptors (Lipinski definition) is 4. The smallest absolute Gasteiger partial charge is 0.133 e.